The lowest BCUT2D eigenvalue weighted by atomic mass is 9.71. The van der Waals surface area contributed by atoms with E-state index in [-0.39, 0.29) is 29.3 Å². The van der Waals surface area contributed by atoms with E-state index in [4.69, 9.17) is 18.3 Å². The average molecular weight is 424 g/mol. The van der Waals surface area contributed by atoms with Gasteiger partial charge in [0.05, 0.1) is 25.2 Å². The van der Waals surface area contributed by atoms with Crippen LogP contribution in [0.4, 0.5) is 0 Å². The number of aliphatic hydroxyl groups is 1. The second-order valence-electron chi connectivity index (χ2n) is 10.3. The van der Waals surface area contributed by atoms with Gasteiger partial charge in [0.1, 0.15) is 12.4 Å². The molecule has 1 atom stereocenters. The highest BCUT2D eigenvalue weighted by Crippen LogP contribution is 2.53. The summed E-state index contributed by atoms with van der Waals surface area (Å²) in [5.74, 6) is 0.0356. The molecule has 2 bridgehead atoms. The lowest BCUT2D eigenvalue weighted by Gasteiger charge is -2.43. The second-order valence-corrected chi connectivity index (χ2v) is 11.5. The Morgan fingerprint density at radius 3 is 2.28 bits per heavy atom. The molecule has 1 aliphatic carbocycles. The number of hydrogen-bond acceptors (Lipinski definition) is 6. The molecule has 0 amide bonds. The Hall–Kier alpha value is -1.20. The number of carbonyl (C=O) groups is 1. The molecule has 0 aromatic heterocycles. The van der Waals surface area contributed by atoms with Gasteiger partial charge in [-0.3, -0.25) is 0 Å². The van der Waals surface area contributed by atoms with Gasteiger partial charge < -0.3 is 23.4 Å². The van der Waals surface area contributed by atoms with Crippen molar-refractivity contribution in [3.63, 3.8) is 0 Å². The molecule has 0 aromatic carbocycles. The number of aliphatic hydroxyl groups excluding tert-OH is 1. The highest BCUT2D eigenvalue weighted by Gasteiger charge is 2.45. The van der Waals surface area contributed by atoms with E-state index in [0.29, 0.717) is 32.0 Å². The molecule has 6 nitrogen and oxygen atoms in total. The quantitative estimate of drug-likeness (QED) is 0.379. The number of hydrogen-bond donors (Lipinski definition) is 1. The SMILES string of the molecule is CC(C)(C)C1=CC(C=CC(=O)OCC23COP(OC2)OC3)CC(C(C)(C)C)=C1O. The molecule has 3 saturated heterocycles. The van der Waals surface area contributed by atoms with Crippen LogP contribution in [0.5, 0.6) is 0 Å². The van der Waals surface area contributed by atoms with Crippen molar-refractivity contribution in [3.8, 4) is 0 Å². The Morgan fingerprint density at radius 2 is 1.76 bits per heavy atom. The monoisotopic (exact) mass is 424 g/mol. The minimum Gasteiger partial charge on any atom is -0.508 e. The lowest BCUT2D eigenvalue weighted by molar-refractivity contribution is -0.151. The van der Waals surface area contributed by atoms with Crippen molar-refractivity contribution in [2.24, 2.45) is 22.2 Å². The maximum absolute atomic E-state index is 12.3. The van der Waals surface area contributed by atoms with Gasteiger partial charge >= 0.3 is 14.6 Å². The smallest absolute Gasteiger partial charge is 0.332 e. The van der Waals surface area contributed by atoms with E-state index in [1.807, 2.05) is 6.08 Å². The zero-order valence-corrected chi connectivity index (χ0v) is 19.2. The van der Waals surface area contributed by atoms with Crippen molar-refractivity contribution < 1.29 is 28.2 Å². The largest absolute Gasteiger partial charge is 0.508 e. The zero-order valence-electron chi connectivity index (χ0n) is 18.3. The van der Waals surface area contributed by atoms with Gasteiger partial charge in [-0.2, -0.15) is 0 Å². The number of carbonyl (C=O) groups excluding carboxylic acids is 1. The minimum atomic E-state index is -1.19. The molecule has 29 heavy (non-hydrogen) atoms. The van der Waals surface area contributed by atoms with Gasteiger partial charge in [-0.1, -0.05) is 53.7 Å². The molecule has 3 fully saturated rings. The Kier molecular flexibility index (Phi) is 6.31. The van der Waals surface area contributed by atoms with Crippen LogP contribution in [0.3, 0.4) is 0 Å². The summed E-state index contributed by atoms with van der Waals surface area (Å²) < 4.78 is 21.8. The van der Waals surface area contributed by atoms with Crippen LogP contribution in [0.2, 0.25) is 0 Å². The summed E-state index contributed by atoms with van der Waals surface area (Å²) in [6.45, 7) is 14.3. The second kappa shape index (κ2) is 8.14. The Balaban J connectivity index is 1.66. The molecule has 0 spiro atoms. The number of fused-ring (bicyclic) bond motifs is 3. The van der Waals surface area contributed by atoms with Crippen LogP contribution in [0.15, 0.2) is 35.1 Å². The van der Waals surface area contributed by atoms with Gasteiger partial charge in [-0.15, -0.1) is 0 Å². The minimum absolute atomic E-state index is 0.0305. The van der Waals surface area contributed by atoms with Crippen LogP contribution in [0, 0.1) is 22.2 Å². The van der Waals surface area contributed by atoms with E-state index in [1.165, 1.54) is 6.08 Å². The highest BCUT2D eigenvalue weighted by atomic mass is 31.2. The summed E-state index contributed by atoms with van der Waals surface area (Å²) in [7, 11) is -1.19. The summed E-state index contributed by atoms with van der Waals surface area (Å²) in [6, 6.07) is 0. The van der Waals surface area contributed by atoms with E-state index in [0.717, 1.165) is 11.1 Å². The molecule has 0 radical (unpaired) electrons. The average Bonchev–Trinajstić information content (AvgIpc) is 2.65. The molecular weight excluding hydrogens is 391 g/mol. The molecule has 0 aromatic rings. The van der Waals surface area contributed by atoms with E-state index in [9.17, 15) is 9.90 Å². The predicted molar refractivity (Wildman–Crippen MR) is 112 cm³/mol. The third-order valence-electron chi connectivity index (χ3n) is 5.50. The first kappa shape index (κ1) is 22.5. The fraction of sp³-hybridized carbons (Fsp3) is 0.682. The van der Waals surface area contributed by atoms with Gasteiger partial charge in [0.15, 0.2) is 0 Å². The van der Waals surface area contributed by atoms with E-state index in [1.54, 1.807) is 0 Å². The summed E-state index contributed by atoms with van der Waals surface area (Å²) in [5.41, 5.74) is 1.19. The maximum Gasteiger partial charge on any atom is 0.332 e. The summed E-state index contributed by atoms with van der Waals surface area (Å²) in [4.78, 5) is 12.3. The Morgan fingerprint density at radius 1 is 1.17 bits per heavy atom. The molecule has 0 saturated carbocycles. The van der Waals surface area contributed by atoms with E-state index >= 15 is 0 Å². The van der Waals surface area contributed by atoms with Crippen LogP contribution in [0.25, 0.3) is 0 Å². The van der Waals surface area contributed by atoms with Crippen molar-refractivity contribution in [1.29, 1.82) is 0 Å². The number of allylic oxidation sites excluding steroid dienone is 4. The number of ether oxygens (including phenoxy) is 1. The fourth-order valence-electron chi connectivity index (χ4n) is 3.64. The van der Waals surface area contributed by atoms with Crippen molar-refractivity contribution in [2.45, 2.75) is 48.0 Å². The van der Waals surface area contributed by atoms with Crippen molar-refractivity contribution >= 4 is 14.6 Å². The topological polar surface area (TPSA) is 74.2 Å². The van der Waals surface area contributed by atoms with Crippen LogP contribution in [-0.2, 0) is 23.1 Å². The first-order valence-electron chi connectivity index (χ1n) is 10.1. The number of rotatable bonds is 4. The molecule has 4 rings (SSSR count). The summed E-state index contributed by atoms with van der Waals surface area (Å²) in [6.07, 6.45) is 6.10. The molecule has 1 unspecified atom stereocenters. The van der Waals surface area contributed by atoms with Gasteiger partial charge in [0.2, 0.25) is 0 Å². The molecule has 3 heterocycles. The fourth-order valence-corrected chi connectivity index (χ4v) is 5.00. The van der Waals surface area contributed by atoms with Crippen molar-refractivity contribution in [2.75, 3.05) is 26.4 Å². The first-order chi connectivity index (χ1) is 13.4. The Labute approximate surface area is 174 Å². The third kappa shape index (κ3) is 5.29. The predicted octanol–water partition coefficient (Wildman–Crippen LogP) is 5.23. The van der Waals surface area contributed by atoms with Crippen LogP contribution in [-0.4, -0.2) is 37.5 Å². The molecule has 162 valence electrons. The van der Waals surface area contributed by atoms with Crippen LogP contribution < -0.4 is 0 Å². The Bertz CT molecular complexity index is 716. The third-order valence-corrected chi connectivity index (χ3v) is 6.52. The zero-order chi connectivity index (χ0) is 21.4. The van der Waals surface area contributed by atoms with Gasteiger partial charge in [-0.25, -0.2) is 4.79 Å². The molecule has 1 N–H and O–H groups in total. The van der Waals surface area contributed by atoms with Gasteiger partial charge in [0, 0.05) is 6.08 Å². The summed E-state index contributed by atoms with van der Waals surface area (Å²) >= 11 is 0. The van der Waals surface area contributed by atoms with Crippen LogP contribution >= 0.6 is 8.60 Å². The molecular formula is C22H33O6P. The van der Waals surface area contributed by atoms with Gasteiger partial charge in [0.25, 0.3) is 0 Å². The lowest BCUT2D eigenvalue weighted by Crippen LogP contribution is -2.47. The van der Waals surface area contributed by atoms with Gasteiger partial charge in [-0.05, 0) is 34.3 Å². The molecule has 7 heteroatoms. The van der Waals surface area contributed by atoms with Crippen LogP contribution in [0.1, 0.15) is 48.0 Å². The standard InChI is InChI=1S/C22H33O6P/c1-20(2,3)16-9-15(10-17(19(16)24)21(4,5)6)7-8-18(23)25-11-22-12-26-29(27-13-22)28-14-22/h7-9,15,24H,10-14H2,1-6H3. The highest BCUT2D eigenvalue weighted by molar-refractivity contribution is 7.41. The number of esters is 1. The van der Waals surface area contributed by atoms with Crippen molar-refractivity contribution in [3.05, 3.63) is 35.1 Å². The first-order valence-corrected chi connectivity index (χ1v) is 11.2. The molecule has 4 aliphatic rings. The normalized spacial score (nSPS) is 30.6. The molecule has 3 aliphatic heterocycles. The van der Waals surface area contributed by atoms with E-state index in [2.05, 4.69) is 47.6 Å². The van der Waals surface area contributed by atoms with E-state index < -0.39 is 14.0 Å². The maximum atomic E-state index is 12.3. The van der Waals surface area contributed by atoms with Crippen molar-refractivity contribution in [1.82, 2.24) is 0 Å². The summed E-state index contributed by atoms with van der Waals surface area (Å²) in [5, 5.41) is 10.8.